The highest BCUT2D eigenvalue weighted by molar-refractivity contribution is 5.89. The van der Waals surface area contributed by atoms with Crippen LogP contribution in [0.5, 0.6) is 0 Å². The minimum absolute atomic E-state index is 0.114. The molecule has 0 amide bonds. The van der Waals surface area contributed by atoms with E-state index < -0.39 is 23.0 Å². The highest BCUT2D eigenvalue weighted by atomic mass is 16.6. The Balaban J connectivity index is 2.43. The standard InChI is InChI=1S/C14H15NO7/c1-21-13(17)4-2-3-12(16)9-22-14(18)10-5-7-11(8-6-10)15(19)20/h2,4-8,12,16H,3,9H2,1H3/b4-2-/t12-/m1/s1. The van der Waals surface area contributed by atoms with Crippen molar-refractivity contribution in [2.45, 2.75) is 12.5 Å². The number of aliphatic hydroxyl groups excluding tert-OH is 1. The fourth-order valence-electron chi connectivity index (χ4n) is 1.43. The number of benzene rings is 1. The molecule has 0 fully saturated rings. The Morgan fingerprint density at radius 1 is 1.36 bits per heavy atom. The summed E-state index contributed by atoms with van der Waals surface area (Å²) in [4.78, 5) is 32.4. The minimum Gasteiger partial charge on any atom is -0.466 e. The van der Waals surface area contributed by atoms with Crippen LogP contribution in [0.3, 0.4) is 0 Å². The number of esters is 2. The number of ether oxygens (including phenoxy) is 2. The van der Waals surface area contributed by atoms with Gasteiger partial charge in [0.1, 0.15) is 6.61 Å². The second kappa shape index (κ2) is 8.53. The van der Waals surface area contributed by atoms with Crippen LogP contribution in [0.15, 0.2) is 36.4 Å². The van der Waals surface area contributed by atoms with Crippen LogP contribution in [-0.4, -0.2) is 41.8 Å². The number of nitro groups is 1. The van der Waals surface area contributed by atoms with Gasteiger partial charge in [-0.25, -0.2) is 9.59 Å². The first kappa shape index (κ1) is 17.3. The van der Waals surface area contributed by atoms with Gasteiger partial charge in [-0.2, -0.15) is 0 Å². The second-order valence-corrected chi connectivity index (χ2v) is 4.22. The molecule has 0 spiro atoms. The minimum atomic E-state index is -0.970. The van der Waals surface area contributed by atoms with Gasteiger partial charge in [-0.3, -0.25) is 10.1 Å². The van der Waals surface area contributed by atoms with Gasteiger partial charge in [0, 0.05) is 18.2 Å². The number of carbonyl (C=O) groups excluding carboxylic acids is 2. The predicted molar refractivity (Wildman–Crippen MR) is 75.2 cm³/mol. The molecule has 8 nitrogen and oxygen atoms in total. The Hall–Kier alpha value is -2.74. The Bertz CT molecular complexity index is 565. The van der Waals surface area contributed by atoms with Crippen molar-refractivity contribution >= 4 is 17.6 Å². The van der Waals surface area contributed by atoms with Crippen molar-refractivity contribution in [3.05, 3.63) is 52.1 Å². The summed E-state index contributed by atoms with van der Waals surface area (Å²) < 4.78 is 9.24. The van der Waals surface area contributed by atoms with Crippen molar-refractivity contribution in [1.82, 2.24) is 0 Å². The average molecular weight is 309 g/mol. The lowest BCUT2D eigenvalue weighted by molar-refractivity contribution is -0.384. The monoisotopic (exact) mass is 309 g/mol. The number of nitrogens with zero attached hydrogens (tertiary/aromatic N) is 1. The number of hydrogen-bond donors (Lipinski definition) is 1. The van der Waals surface area contributed by atoms with Crippen LogP contribution in [0.2, 0.25) is 0 Å². The summed E-state index contributed by atoms with van der Waals surface area (Å²) in [6.07, 6.45) is 1.70. The molecule has 0 aliphatic carbocycles. The molecule has 0 aliphatic heterocycles. The fourth-order valence-corrected chi connectivity index (χ4v) is 1.43. The molecule has 1 aromatic rings. The maximum atomic E-state index is 11.7. The molecule has 0 aliphatic rings. The molecular weight excluding hydrogens is 294 g/mol. The van der Waals surface area contributed by atoms with Crippen LogP contribution in [0.1, 0.15) is 16.8 Å². The number of nitro benzene ring substituents is 1. The molecule has 1 rings (SSSR count). The molecule has 0 saturated heterocycles. The zero-order valence-corrected chi connectivity index (χ0v) is 11.8. The molecule has 1 N–H and O–H groups in total. The van der Waals surface area contributed by atoms with Crippen LogP contribution < -0.4 is 0 Å². The number of hydrogen-bond acceptors (Lipinski definition) is 7. The lowest BCUT2D eigenvalue weighted by atomic mass is 10.2. The second-order valence-electron chi connectivity index (χ2n) is 4.22. The molecule has 0 bridgehead atoms. The molecule has 0 unspecified atom stereocenters. The number of methoxy groups -OCH3 is 1. The summed E-state index contributed by atoms with van der Waals surface area (Å²) in [7, 11) is 1.23. The molecular formula is C14H15NO7. The summed E-state index contributed by atoms with van der Waals surface area (Å²) in [5, 5.41) is 20.1. The smallest absolute Gasteiger partial charge is 0.338 e. The average Bonchev–Trinajstić information content (AvgIpc) is 2.52. The molecule has 1 atom stereocenters. The highest BCUT2D eigenvalue weighted by Crippen LogP contribution is 2.12. The summed E-state index contributed by atoms with van der Waals surface area (Å²) >= 11 is 0. The van der Waals surface area contributed by atoms with Crippen LogP contribution in [0, 0.1) is 10.1 Å². The first-order chi connectivity index (χ1) is 10.4. The normalized spacial score (nSPS) is 11.9. The third kappa shape index (κ3) is 5.71. The van der Waals surface area contributed by atoms with Crippen LogP contribution in [-0.2, 0) is 14.3 Å². The van der Waals surface area contributed by atoms with Gasteiger partial charge in [-0.15, -0.1) is 0 Å². The van der Waals surface area contributed by atoms with Gasteiger partial charge in [0.15, 0.2) is 0 Å². The van der Waals surface area contributed by atoms with E-state index in [1.165, 1.54) is 37.5 Å². The summed E-state index contributed by atoms with van der Waals surface area (Å²) in [6.45, 7) is -0.263. The van der Waals surface area contributed by atoms with Crippen molar-refractivity contribution in [1.29, 1.82) is 0 Å². The summed E-state index contributed by atoms with van der Waals surface area (Å²) in [5.74, 6) is -1.25. The van der Waals surface area contributed by atoms with Crippen molar-refractivity contribution in [3.8, 4) is 0 Å². The predicted octanol–water partition coefficient (Wildman–Crippen LogP) is 1.23. The van der Waals surface area contributed by atoms with Crippen LogP contribution in [0.4, 0.5) is 5.69 Å². The van der Waals surface area contributed by atoms with Crippen LogP contribution >= 0.6 is 0 Å². The quantitative estimate of drug-likeness (QED) is 0.348. The SMILES string of the molecule is COC(=O)/C=C\C[C@@H](O)COC(=O)c1ccc([N+](=O)[O-])cc1. The molecule has 0 saturated carbocycles. The molecule has 0 aromatic heterocycles. The zero-order chi connectivity index (χ0) is 16.5. The van der Waals surface area contributed by atoms with Gasteiger partial charge >= 0.3 is 11.9 Å². The van der Waals surface area contributed by atoms with Gasteiger partial charge < -0.3 is 14.6 Å². The summed E-state index contributed by atoms with van der Waals surface area (Å²) in [5.41, 5.74) is 0.00688. The van der Waals surface area contributed by atoms with Crippen molar-refractivity contribution in [2.24, 2.45) is 0 Å². The van der Waals surface area contributed by atoms with Gasteiger partial charge in [0.25, 0.3) is 5.69 Å². The van der Waals surface area contributed by atoms with E-state index in [0.717, 1.165) is 6.08 Å². The maximum Gasteiger partial charge on any atom is 0.338 e. The van der Waals surface area contributed by atoms with Gasteiger partial charge in [-0.05, 0) is 18.6 Å². The van der Waals surface area contributed by atoms with Gasteiger partial charge in [0.2, 0.25) is 0 Å². The van der Waals surface area contributed by atoms with E-state index >= 15 is 0 Å². The Morgan fingerprint density at radius 3 is 2.55 bits per heavy atom. The van der Waals surface area contributed by atoms with E-state index in [4.69, 9.17) is 4.74 Å². The number of non-ortho nitro benzene ring substituents is 1. The summed E-state index contributed by atoms with van der Waals surface area (Å²) in [6, 6.07) is 4.91. The Morgan fingerprint density at radius 2 is 2.00 bits per heavy atom. The Labute approximate surface area is 126 Å². The Kier molecular flexibility index (Phi) is 6.71. The number of rotatable bonds is 7. The van der Waals surface area contributed by atoms with E-state index in [9.17, 15) is 24.8 Å². The van der Waals surface area contributed by atoms with Crippen molar-refractivity contribution in [2.75, 3.05) is 13.7 Å². The molecule has 8 heteroatoms. The molecule has 0 heterocycles. The molecule has 0 radical (unpaired) electrons. The zero-order valence-electron chi connectivity index (χ0n) is 11.8. The largest absolute Gasteiger partial charge is 0.466 e. The molecule has 118 valence electrons. The van der Waals surface area contributed by atoms with E-state index in [1.807, 2.05) is 0 Å². The van der Waals surface area contributed by atoms with Gasteiger partial charge in [0.05, 0.1) is 23.7 Å². The fraction of sp³-hybridized carbons (Fsp3) is 0.286. The molecule has 22 heavy (non-hydrogen) atoms. The number of aliphatic hydroxyl groups is 1. The van der Waals surface area contributed by atoms with Crippen molar-refractivity contribution < 1.29 is 29.1 Å². The lowest BCUT2D eigenvalue weighted by Gasteiger charge is -2.09. The first-order valence-electron chi connectivity index (χ1n) is 6.28. The first-order valence-corrected chi connectivity index (χ1v) is 6.28. The third-order valence-corrected chi connectivity index (χ3v) is 2.58. The third-order valence-electron chi connectivity index (χ3n) is 2.58. The van der Waals surface area contributed by atoms with Crippen molar-refractivity contribution in [3.63, 3.8) is 0 Å². The van der Waals surface area contributed by atoms with Crippen LogP contribution in [0.25, 0.3) is 0 Å². The molecule has 1 aromatic carbocycles. The van der Waals surface area contributed by atoms with E-state index in [1.54, 1.807) is 0 Å². The van der Waals surface area contributed by atoms with E-state index in [-0.39, 0.29) is 24.3 Å². The highest BCUT2D eigenvalue weighted by Gasteiger charge is 2.12. The van der Waals surface area contributed by atoms with Gasteiger partial charge in [-0.1, -0.05) is 6.08 Å². The maximum absolute atomic E-state index is 11.7. The van der Waals surface area contributed by atoms with E-state index in [2.05, 4.69) is 4.74 Å². The number of carbonyl (C=O) groups is 2. The lowest BCUT2D eigenvalue weighted by Crippen LogP contribution is -2.18. The van der Waals surface area contributed by atoms with E-state index in [0.29, 0.717) is 0 Å². The topological polar surface area (TPSA) is 116 Å².